The van der Waals surface area contributed by atoms with Crippen molar-refractivity contribution in [2.45, 2.75) is 52.5 Å². The van der Waals surface area contributed by atoms with Crippen LogP contribution in [0.3, 0.4) is 0 Å². The summed E-state index contributed by atoms with van der Waals surface area (Å²) < 4.78 is 0. The molecule has 22 heavy (non-hydrogen) atoms. The van der Waals surface area contributed by atoms with Crippen molar-refractivity contribution in [2.24, 2.45) is 0 Å². The van der Waals surface area contributed by atoms with Gasteiger partial charge in [0.1, 0.15) is 0 Å². The lowest BCUT2D eigenvalue weighted by molar-refractivity contribution is 0.351. The molecule has 0 bridgehead atoms. The topological polar surface area (TPSA) is 29.3 Å². The highest BCUT2D eigenvalue weighted by atomic mass is 15.2. The second-order valence-electron chi connectivity index (χ2n) is 6.30. The molecular weight excluding hydrogens is 268 g/mol. The van der Waals surface area contributed by atoms with Gasteiger partial charge in [-0.2, -0.15) is 0 Å². The molecule has 116 valence electrons. The van der Waals surface area contributed by atoms with E-state index in [-0.39, 0.29) is 0 Å². The Morgan fingerprint density at radius 1 is 1.23 bits per heavy atom. The molecule has 1 aromatic rings. The molecule has 0 aromatic heterocycles. The van der Waals surface area contributed by atoms with Gasteiger partial charge >= 0.3 is 0 Å². The lowest BCUT2D eigenvalue weighted by atomic mass is 9.85. The van der Waals surface area contributed by atoms with Crippen LogP contribution < -0.4 is 5.73 Å². The van der Waals surface area contributed by atoms with Crippen LogP contribution in [0.25, 0.3) is 5.70 Å². The van der Waals surface area contributed by atoms with Crippen LogP contribution in [-0.4, -0.2) is 10.9 Å². The molecule has 0 radical (unpaired) electrons. The second-order valence-corrected chi connectivity index (χ2v) is 6.30. The maximum atomic E-state index is 6.22. The van der Waals surface area contributed by atoms with Gasteiger partial charge in [-0.3, -0.25) is 0 Å². The Morgan fingerprint density at radius 2 is 2.00 bits per heavy atom. The Hall–Kier alpha value is -1.96. The molecule has 2 aliphatic rings. The first-order valence-corrected chi connectivity index (χ1v) is 8.40. The van der Waals surface area contributed by atoms with Crippen molar-refractivity contribution in [3.63, 3.8) is 0 Å². The number of fused-ring (bicyclic) bond motifs is 3. The van der Waals surface area contributed by atoms with Gasteiger partial charge in [-0.25, -0.2) is 0 Å². The first-order valence-electron chi connectivity index (χ1n) is 8.40. The van der Waals surface area contributed by atoms with Crippen molar-refractivity contribution in [2.75, 3.05) is 5.73 Å². The standard InChI is InChI=1S/C20H26N2/c1-5-14-10-18-16(11-19(14)21)9-17(7-3)22-12-15(6-2)13(4)8-20(18)22/h8,10-12,17H,4-7,9,21H2,1-3H3. The molecule has 0 fully saturated rings. The van der Waals surface area contributed by atoms with Crippen molar-refractivity contribution in [1.29, 1.82) is 0 Å². The number of nitrogen functional groups attached to an aromatic ring is 1. The van der Waals surface area contributed by atoms with E-state index in [9.17, 15) is 0 Å². The minimum Gasteiger partial charge on any atom is -0.398 e. The third-order valence-corrected chi connectivity index (χ3v) is 5.02. The van der Waals surface area contributed by atoms with Crippen LogP contribution in [0.5, 0.6) is 0 Å². The van der Waals surface area contributed by atoms with Crippen LogP contribution in [0.4, 0.5) is 5.69 Å². The third-order valence-electron chi connectivity index (χ3n) is 5.02. The highest BCUT2D eigenvalue weighted by Gasteiger charge is 2.30. The second kappa shape index (κ2) is 5.68. The summed E-state index contributed by atoms with van der Waals surface area (Å²) >= 11 is 0. The van der Waals surface area contributed by atoms with Crippen LogP contribution in [0.2, 0.25) is 0 Å². The van der Waals surface area contributed by atoms with Crippen LogP contribution in [0, 0.1) is 0 Å². The zero-order chi connectivity index (χ0) is 15.9. The van der Waals surface area contributed by atoms with E-state index in [0.29, 0.717) is 6.04 Å². The molecule has 0 aliphatic carbocycles. The summed E-state index contributed by atoms with van der Waals surface area (Å²) in [6, 6.07) is 4.99. The van der Waals surface area contributed by atoms with Gasteiger partial charge in [0.15, 0.2) is 0 Å². The quantitative estimate of drug-likeness (QED) is 0.821. The lowest BCUT2D eigenvalue weighted by Crippen LogP contribution is -2.37. The molecule has 1 aromatic carbocycles. The number of hydrogen-bond acceptors (Lipinski definition) is 2. The predicted octanol–water partition coefficient (Wildman–Crippen LogP) is 4.67. The number of nitrogens with zero attached hydrogens (tertiary/aromatic N) is 1. The molecule has 2 heterocycles. The molecule has 1 unspecified atom stereocenters. The predicted molar refractivity (Wildman–Crippen MR) is 95.3 cm³/mol. The van der Waals surface area contributed by atoms with Crippen molar-refractivity contribution < 1.29 is 0 Å². The summed E-state index contributed by atoms with van der Waals surface area (Å²) in [6.45, 7) is 10.9. The number of benzene rings is 1. The molecule has 3 rings (SSSR count). The number of rotatable bonds is 3. The maximum Gasteiger partial charge on any atom is 0.0491 e. The van der Waals surface area contributed by atoms with Gasteiger partial charge < -0.3 is 10.6 Å². The number of nitrogens with two attached hydrogens (primary N) is 1. The lowest BCUT2D eigenvalue weighted by Gasteiger charge is -2.41. The Balaban J connectivity index is 2.15. The van der Waals surface area contributed by atoms with Crippen LogP contribution in [0.15, 0.2) is 42.1 Å². The highest BCUT2D eigenvalue weighted by molar-refractivity contribution is 5.77. The smallest absolute Gasteiger partial charge is 0.0491 e. The van der Waals surface area contributed by atoms with E-state index in [2.05, 4.69) is 56.7 Å². The molecule has 0 saturated heterocycles. The molecule has 0 spiro atoms. The van der Waals surface area contributed by atoms with E-state index in [1.165, 1.54) is 28.0 Å². The van der Waals surface area contributed by atoms with E-state index in [1.54, 1.807) is 0 Å². The van der Waals surface area contributed by atoms with E-state index in [4.69, 9.17) is 5.73 Å². The fourth-order valence-electron chi connectivity index (χ4n) is 3.61. The summed E-state index contributed by atoms with van der Waals surface area (Å²) in [4.78, 5) is 2.46. The Morgan fingerprint density at radius 3 is 2.64 bits per heavy atom. The Kier molecular flexibility index (Phi) is 3.86. The van der Waals surface area contributed by atoms with Gasteiger partial charge in [0.25, 0.3) is 0 Å². The number of aryl methyl sites for hydroxylation is 1. The zero-order valence-corrected chi connectivity index (χ0v) is 13.9. The van der Waals surface area contributed by atoms with E-state index in [0.717, 1.165) is 36.9 Å². The Bertz CT molecular complexity index is 679. The van der Waals surface area contributed by atoms with Crippen LogP contribution in [-0.2, 0) is 12.8 Å². The fourth-order valence-corrected chi connectivity index (χ4v) is 3.61. The van der Waals surface area contributed by atoms with Crippen molar-refractivity contribution >= 4 is 11.4 Å². The average Bonchev–Trinajstić information content (AvgIpc) is 2.52. The minimum absolute atomic E-state index is 0.514. The molecule has 1 atom stereocenters. The van der Waals surface area contributed by atoms with Gasteiger partial charge in [-0.05, 0) is 66.2 Å². The summed E-state index contributed by atoms with van der Waals surface area (Å²) in [5.41, 5.74) is 14.9. The summed E-state index contributed by atoms with van der Waals surface area (Å²) in [5, 5.41) is 0. The van der Waals surface area contributed by atoms with E-state index < -0.39 is 0 Å². The van der Waals surface area contributed by atoms with Gasteiger partial charge in [0.05, 0.1) is 0 Å². The van der Waals surface area contributed by atoms with Crippen molar-refractivity contribution in [3.05, 3.63) is 58.8 Å². The SMILES string of the molecule is C=C1C=C2c3cc(CC)c(N)cc3CC(CC)N2C=C1CC. The Labute approximate surface area is 134 Å². The van der Waals surface area contributed by atoms with Crippen molar-refractivity contribution in [3.8, 4) is 0 Å². The molecule has 2 nitrogen and oxygen atoms in total. The highest BCUT2D eigenvalue weighted by Crippen LogP contribution is 2.40. The van der Waals surface area contributed by atoms with Gasteiger partial charge in [0, 0.05) is 29.2 Å². The van der Waals surface area contributed by atoms with Crippen LogP contribution >= 0.6 is 0 Å². The van der Waals surface area contributed by atoms with Gasteiger partial charge in [0.2, 0.25) is 0 Å². The minimum atomic E-state index is 0.514. The number of anilines is 1. The molecule has 0 saturated carbocycles. The van der Waals surface area contributed by atoms with E-state index in [1.807, 2.05) is 0 Å². The third kappa shape index (κ3) is 2.27. The first-order chi connectivity index (χ1) is 10.6. The van der Waals surface area contributed by atoms with Gasteiger partial charge in [-0.15, -0.1) is 0 Å². The first kappa shape index (κ1) is 15.0. The van der Waals surface area contributed by atoms with Gasteiger partial charge in [-0.1, -0.05) is 27.4 Å². The zero-order valence-electron chi connectivity index (χ0n) is 13.9. The summed E-state index contributed by atoms with van der Waals surface area (Å²) in [7, 11) is 0. The molecule has 0 amide bonds. The summed E-state index contributed by atoms with van der Waals surface area (Å²) in [6.07, 6.45) is 8.78. The molecule has 2 aliphatic heterocycles. The average molecular weight is 294 g/mol. The summed E-state index contributed by atoms with van der Waals surface area (Å²) in [5.74, 6) is 0. The normalized spacial score (nSPS) is 20.2. The maximum absolute atomic E-state index is 6.22. The van der Waals surface area contributed by atoms with E-state index >= 15 is 0 Å². The number of hydrogen-bond donors (Lipinski definition) is 1. The molecule has 2 N–H and O–H groups in total. The monoisotopic (exact) mass is 294 g/mol. The van der Waals surface area contributed by atoms with Crippen LogP contribution in [0.1, 0.15) is 50.3 Å². The molecular formula is C20H26N2. The molecule has 2 heteroatoms. The number of allylic oxidation sites excluding steroid dienone is 3. The van der Waals surface area contributed by atoms with Crippen molar-refractivity contribution in [1.82, 2.24) is 4.90 Å². The largest absolute Gasteiger partial charge is 0.398 e. The fraction of sp³-hybridized carbons (Fsp3) is 0.400.